The van der Waals surface area contributed by atoms with Crippen molar-refractivity contribution < 1.29 is 23.8 Å². The Morgan fingerprint density at radius 1 is 1.08 bits per heavy atom. The van der Waals surface area contributed by atoms with Crippen molar-refractivity contribution in [3.05, 3.63) is 65.7 Å². The first kappa shape index (κ1) is 27.5. The predicted octanol–water partition coefficient (Wildman–Crippen LogP) is 3.17. The summed E-state index contributed by atoms with van der Waals surface area (Å²) in [7, 11) is 0. The molecule has 0 spiro atoms. The highest BCUT2D eigenvalue weighted by Gasteiger charge is 2.23. The van der Waals surface area contributed by atoms with Gasteiger partial charge in [0.15, 0.2) is 0 Å². The van der Waals surface area contributed by atoms with Gasteiger partial charge in [-0.3, -0.25) is 0 Å². The lowest BCUT2D eigenvalue weighted by Crippen LogP contribution is -2.43. The summed E-state index contributed by atoms with van der Waals surface area (Å²) in [4.78, 5) is 28.8. The zero-order valence-electron chi connectivity index (χ0n) is 21.4. The Morgan fingerprint density at radius 3 is 2.57 bits per heavy atom. The zero-order chi connectivity index (χ0) is 26.3. The molecule has 1 aliphatic rings. The van der Waals surface area contributed by atoms with Gasteiger partial charge in [-0.1, -0.05) is 42.5 Å². The molecule has 3 N–H and O–H groups in total. The van der Waals surface area contributed by atoms with Crippen molar-refractivity contribution in [2.45, 2.75) is 45.8 Å². The number of carbonyl (C=O) groups excluding carboxylic acids is 2. The molecule has 0 aliphatic carbocycles. The summed E-state index contributed by atoms with van der Waals surface area (Å²) in [6.45, 7) is 5.85. The van der Waals surface area contributed by atoms with Crippen LogP contribution in [0.2, 0.25) is 0 Å². The molecule has 0 bridgehead atoms. The number of hydrazone groups is 1. The summed E-state index contributed by atoms with van der Waals surface area (Å²) < 4.78 is 16.1. The van der Waals surface area contributed by atoms with Crippen LogP contribution >= 0.6 is 0 Å². The quantitative estimate of drug-likeness (QED) is 0.215. The molecule has 0 aromatic heterocycles. The van der Waals surface area contributed by atoms with Crippen LogP contribution in [0.4, 0.5) is 4.79 Å². The molecule has 198 valence electrons. The Balaban J connectivity index is 1.41. The second kappa shape index (κ2) is 15.1. The van der Waals surface area contributed by atoms with Gasteiger partial charge in [0.25, 0.3) is 0 Å². The second-order valence-corrected chi connectivity index (χ2v) is 8.41. The van der Waals surface area contributed by atoms with Crippen molar-refractivity contribution in [3.8, 4) is 5.75 Å². The first-order valence-corrected chi connectivity index (χ1v) is 12.5. The summed E-state index contributed by atoms with van der Waals surface area (Å²) in [6.07, 6.45) is 1.21. The van der Waals surface area contributed by atoms with E-state index in [0.717, 1.165) is 42.8 Å². The number of hydrogen-bond acceptors (Lipinski definition) is 9. The van der Waals surface area contributed by atoms with Crippen LogP contribution in [0.5, 0.6) is 5.75 Å². The van der Waals surface area contributed by atoms with E-state index in [1.807, 2.05) is 61.5 Å². The molecule has 0 fully saturated rings. The fraction of sp³-hybridized carbons (Fsp3) is 0.407. The molecule has 2 aromatic carbocycles. The van der Waals surface area contributed by atoms with E-state index in [4.69, 9.17) is 14.2 Å². The number of benzene rings is 2. The van der Waals surface area contributed by atoms with E-state index in [1.54, 1.807) is 6.92 Å². The summed E-state index contributed by atoms with van der Waals surface area (Å²) in [5.74, 6) is 0.862. The first-order chi connectivity index (χ1) is 18.0. The molecule has 0 radical (unpaired) electrons. The third-order valence-electron chi connectivity index (χ3n) is 5.48. The Labute approximate surface area is 217 Å². The van der Waals surface area contributed by atoms with E-state index < -0.39 is 18.1 Å². The molecule has 1 atom stereocenters. The zero-order valence-corrected chi connectivity index (χ0v) is 21.4. The molecule has 0 saturated heterocycles. The van der Waals surface area contributed by atoms with Gasteiger partial charge in [0, 0.05) is 18.7 Å². The molecule has 1 aliphatic heterocycles. The fourth-order valence-corrected chi connectivity index (χ4v) is 3.45. The number of nitrogens with zero attached hydrogens (tertiary/aromatic N) is 2. The Morgan fingerprint density at radius 2 is 1.86 bits per heavy atom. The number of hydrogen-bond donors (Lipinski definition) is 3. The van der Waals surface area contributed by atoms with E-state index in [0.29, 0.717) is 11.7 Å². The highest BCUT2D eigenvalue weighted by Crippen LogP contribution is 2.14. The van der Waals surface area contributed by atoms with Crippen molar-refractivity contribution in [1.82, 2.24) is 16.1 Å². The van der Waals surface area contributed by atoms with Gasteiger partial charge in [-0.25, -0.2) is 20.0 Å². The average Bonchev–Trinajstić information content (AvgIpc) is 3.44. The van der Waals surface area contributed by atoms with E-state index in [9.17, 15) is 9.59 Å². The lowest BCUT2D eigenvalue weighted by molar-refractivity contribution is -0.145. The van der Waals surface area contributed by atoms with Crippen molar-refractivity contribution >= 4 is 23.7 Å². The van der Waals surface area contributed by atoms with Gasteiger partial charge in [-0.2, -0.15) is 5.10 Å². The van der Waals surface area contributed by atoms with Gasteiger partial charge in [-0.15, -0.1) is 0 Å². The molecule has 37 heavy (non-hydrogen) atoms. The Kier molecular flexibility index (Phi) is 11.2. The minimum atomic E-state index is -0.872. The molecular weight excluding hydrogens is 474 g/mol. The van der Waals surface area contributed by atoms with Crippen LogP contribution in [0.25, 0.3) is 0 Å². The number of nitrogens with one attached hydrogen (secondary N) is 3. The third kappa shape index (κ3) is 10.2. The maximum absolute atomic E-state index is 12.3. The SMILES string of the molecule is CCOC(=O)[C@H](CCOc1ccc(CCC(C)=NNC2=NCCN2)cc1)NC(=O)OCc1ccccc1. The highest BCUT2D eigenvalue weighted by atomic mass is 16.6. The molecule has 0 saturated carbocycles. The van der Waals surface area contributed by atoms with Gasteiger partial charge < -0.3 is 24.8 Å². The number of carbonyl (C=O) groups is 2. The number of rotatable bonds is 13. The van der Waals surface area contributed by atoms with Crippen LogP contribution < -0.4 is 20.8 Å². The van der Waals surface area contributed by atoms with Crippen molar-refractivity contribution in [2.24, 2.45) is 10.1 Å². The molecule has 3 rings (SSSR count). The van der Waals surface area contributed by atoms with E-state index in [2.05, 4.69) is 26.2 Å². The molecule has 10 heteroatoms. The van der Waals surface area contributed by atoms with Gasteiger partial charge in [0.1, 0.15) is 18.4 Å². The number of ether oxygens (including phenoxy) is 3. The number of amides is 1. The largest absolute Gasteiger partial charge is 0.494 e. The number of esters is 1. The average molecular weight is 510 g/mol. The maximum Gasteiger partial charge on any atom is 0.408 e. The molecule has 1 heterocycles. The van der Waals surface area contributed by atoms with E-state index in [1.165, 1.54) is 0 Å². The number of aryl methyl sites for hydroxylation is 1. The summed E-state index contributed by atoms with van der Waals surface area (Å²) in [6, 6.07) is 16.2. The van der Waals surface area contributed by atoms with Gasteiger partial charge in [-0.05, 0) is 49.9 Å². The smallest absolute Gasteiger partial charge is 0.408 e. The van der Waals surface area contributed by atoms with Crippen LogP contribution in [0.3, 0.4) is 0 Å². The summed E-state index contributed by atoms with van der Waals surface area (Å²) in [5, 5.41) is 10.0. The Bertz CT molecular complexity index is 1060. The van der Waals surface area contributed by atoms with Crippen LogP contribution in [-0.2, 0) is 27.3 Å². The molecule has 1 amide bonds. The van der Waals surface area contributed by atoms with Gasteiger partial charge in [0.2, 0.25) is 5.96 Å². The van der Waals surface area contributed by atoms with Crippen molar-refractivity contribution in [2.75, 3.05) is 26.3 Å². The molecular formula is C27H35N5O5. The monoisotopic (exact) mass is 509 g/mol. The van der Waals surface area contributed by atoms with Crippen LogP contribution in [0.15, 0.2) is 64.7 Å². The lowest BCUT2D eigenvalue weighted by atomic mass is 10.1. The predicted molar refractivity (Wildman–Crippen MR) is 142 cm³/mol. The normalized spacial score (nSPS) is 13.7. The summed E-state index contributed by atoms with van der Waals surface area (Å²) in [5.41, 5.74) is 5.94. The number of aliphatic imine (C=N–C) groups is 1. The van der Waals surface area contributed by atoms with Crippen LogP contribution in [-0.4, -0.2) is 56.1 Å². The second-order valence-electron chi connectivity index (χ2n) is 8.41. The number of alkyl carbamates (subject to hydrolysis) is 1. The topological polar surface area (TPSA) is 123 Å². The van der Waals surface area contributed by atoms with Gasteiger partial charge in [0.05, 0.1) is 19.8 Å². The lowest BCUT2D eigenvalue weighted by Gasteiger charge is -2.17. The standard InChI is InChI=1S/C27H35N5O5/c1-3-35-25(33)24(30-27(34)37-19-22-7-5-4-6-8-22)15-18-36-23-13-11-21(12-14-23)10-9-20(2)31-32-26-28-16-17-29-26/h4-8,11-14,24H,3,9-10,15-19H2,1-2H3,(H,30,34)(H2,28,29,32)/t24-/m0/s1. The molecule has 0 unspecified atom stereocenters. The molecule has 2 aromatic rings. The van der Waals surface area contributed by atoms with Crippen molar-refractivity contribution in [3.63, 3.8) is 0 Å². The fourth-order valence-electron chi connectivity index (χ4n) is 3.45. The van der Waals surface area contributed by atoms with Crippen molar-refractivity contribution in [1.29, 1.82) is 0 Å². The summed E-state index contributed by atoms with van der Waals surface area (Å²) >= 11 is 0. The Hall–Kier alpha value is -4.08. The first-order valence-electron chi connectivity index (χ1n) is 12.5. The van der Waals surface area contributed by atoms with E-state index in [-0.39, 0.29) is 26.2 Å². The van der Waals surface area contributed by atoms with Crippen LogP contribution in [0, 0.1) is 0 Å². The third-order valence-corrected chi connectivity index (χ3v) is 5.48. The van der Waals surface area contributed by atoms with E-state index >= 15 is 0 Å². The van der Waals surface area contributed by atoms with Gasteiger partial charge >= 0.3 is 12.1 Å². The molecule has 10 nitrogen and oxygen atoms in total. The van der Waals surface area contributed by atoms with Crippen LogP contribution in [0.1, 0.15) is 37.8 Å². The minimum absolute atomic E-state index is 0.111. The maximum atomic E-state index is 12.3. The number of guanidine groups is 1. The highest BCUT2D eigenvalue weighted by molar-refractivity contribution is 5.86. The minimum Gasteiger partial charge on any atom is -0.494 e.